The lowest BCUT2D eigenvalue weighted by atomic mass is 9.86. The molecule has 0 aliphatic carbocycles. The lowest BCUT2D eigenvalue weighted by Crippen LogP contribution is -2.52. The third kappa shape index (κ3) is 2.18. The molecule has 1 aromatic heterocycles. The van der Waals surface area contributed by atoms with Crippen molar-refractivity contribution in [1.82, 2.24) is 4.57 Å². The highest BCUT2D eigenvalue weighted by Crippen LogP contribution is 2.41. The van der Waals surface area contributed by atoms with Crippen LogP contribution in [0.2, 0.25) is 0 Å². The van der Waals surface area contributed by atoms with Crippen LogP contribution >= 0.6 is 0 Å². The summed E-state index contributed by atoms with van der Waals surface area (Å²) in [5.74, 6) is 0.523. The number of benzene rings is 1. The van der Waals surface area contributed by atoms with Gasteiger partial charge in [0.2, 0.25) is 0 Å². The predicted molar refractivity (Wildman–Crippen MR) is 80.7 cm³/mol. The molecular weight excluding hydrogens is 280 g/mol. The Morgan fingerprint density at radius 2 is 2.09 bits per heavy atom. The summed E-state index contributed by atoms with van der Waals surface area (Å²) in [7, 11) is 0. The zero-order chi connectivity index (χ0) is 15.9. The van der Waals surface area contributed by atoms with Crippen LogP contribution in [0.3, 0.4) is 0 Å². The molecule has 0 spiro atoms. The summed E-state index contributed by atoms with van der Waals surface area (Å²) in [5, 5.41) is 19.7. The molecule has 1 aromatic carbocycles. The number of ether oxygens (including phenoxy) is 1. The van der Waals surface area contributed by atoms with E-state index in [0.717, 1.165) is 0 Å². The van der Waals surface area contributed by atoms with Crippen molar-refractivity contribution in [2.75, 3.05) is 0 Å². The van der Waals surface area contributed by atoms with Gasteiger partial charge in [0.25, 0.3) is 5.56 Å². The molecule has 2 atom stereocenters. The van der Waals surface area contributed by atoms with Gasteiger partial charge in [-0.1, -0.05) is 12.1 Å². The van der Waals surface area contributed by atoms with Gasteiger partial charge in [0.1, 0.15) is 17.5 Å². The predicted octanol–water partition coefficient (Wildman–Crippen LogP) is 1.84. The molecule has 0 saturated carbocycles. The Bertz CT molecular complexity index is 817. The lowest BCUT2D eigenvalue weighted by Gasteiger charge is -2.42. The topological polar surface area (TPSA) is 75.2 Å². The van der Waals surface area contributed by atoms with Crippen LogP contribution in [-0.4, -0.2) is 21.4 Å². The Hall–Kier alpha value is -2.58. The van der Waals surface area contributed by atoms with Gasteiger partial charge in [0, 0.05) is 17.8 Å². The first kappa shape index (κ1) is 14.4. The average Bonchev–Trinajstić information content (AvgIpc) is 2.49. The monoisotopic (exact) mass is 296 g/mol. The highest BCUT2D eigenvalue weighted by Gasteiger charge is 2.44. The molecule has 0 bridgehead atoms. The Labute approximate surface area is 128 Å². The first-order valence-electron chi connectivity index (χ1n) is 7.02. The van der Waals surface area contributed by atoms with E-state index in [4.69, 9.17) is 10.00 Å². The summed E-state index contributed by atoms with van der Waals surface area (Å²) >= 11 is 0. The maximum atomic E-state index is 12.2. The van der Waals surface area contributed by atoms with Crippen molar-refractivity contribution in [2.24, 2.45) is 0 Å². The van der Waals surface area contributed by atoms with Crippen LogP contribution in [0.4, 0.5) is 0 Å². The molecule has 3 rings (SSSR count). The van der Waals surface area contributed by atoms with Crippen molar-refractivity contribution in [2.45, 2.75) is 31.6 Å². The molecule has 1 aliphatic rings. The third-order valence-corrected chi connectivity index (χ3v) is 4.00. The first-order chi connectivity index (χ1) is 10.4. The average molecular weight is 296 g/mol. The van der Waals surface area contributed by atoms with Crippen LogP contribution in [0, 0.1) is 11.3 Å². The van der Waals surface area contributed by atoms with Gasteiger partial charge in [-0.05, 0) is 32.0 Å². The molecule has 2 heterocycles. The van der Waals surface area contributed by atoms with Crippen LogP contribution in [0.5, 0.6) is 5.75 Å². The van der Waals surface area contributed by atoms with Crippen LogP contribution in [0.1, 0.15) is 31.0 Å². The molecule has 5 nitrogen and oxygen atoms in total. The van der Waals surface area contributed by atoms with Gasteiger partial charge in [-0.15, -0.1) is 0 Å². The molecule has 0 amide bonds. The fourth-order valence-electron chi connectivity index (χ4n) is 2.80. The number of hydrogen-bond donors (Lipinski definition) is 1. The summed E-state index contributed by atoms with van der Waals surface area (Å²) in [6.07, 6.45) is 0.757. The summed E-state index contributed by atoms with van der Waals surface area (Å²) in [6, 6.07) is 11.4. The summed E-state index contributed by atoms with van der Waals surface area (Å²) < 4.78 is 7.35. The minimum absolute atomic E-state index is 0.195. The second-order valence-corrected chi connectivity index (χ2v) is 5.91. The van der Waals surface area contributed by atoms with Crippen LogP contribution in [0.15, 0.2) is 47.4 Å². The second-order valence-electron chi connectivity index (χ2n) is 5.91. The van der Waals surface area contributed by atoms with Crippen molar-refractivity contribution in [1.29, 1.82) is 5.26 Å². The molecule has 1 aliphatic heterocycles. The fraction of sp³-hybridized carbons (Fsp3) is 0.294. The van der Waals surface area contributed by atoms with Gasteiger partial charge in [0.15, 0.2) is 0 Å². The van der Waals surface area contributed by atoms with Crippen molar-refractivity contribution in [3.05, 3.63) is 64.1 Å². The molecule has 0 radical (unpaired) electrons. The van der Waals surface area contributed by atoms with E-state index in [1.165, 1.54) is 10.6 Å². The van der Waals surface area contributed by atoms with Crippen molar-refractivity contribution in [3.63, 3.8) is 0 Å². The van der Waals surface area contributed by atoms with Gasteiger partial charge in [-0.3, -0.25) is 4.79 Å². The zero-order valence-electron chi connectivity index (χ0n) is 12.4. The maximum Gasteiger partial charge on any atom is 0.251 e. The van der Waals surface area contributed by atoms with Gasteiger partial charge >= 0.3 is 0 Å². The van der Waals surface area contributed by atoms with E-state index >= 15 is 0 Å². The largest absolute Gasteiger partial charge is 0.485 e. The van der Waals surface area contributed by atoms with E-state index in [9.17, 15) is 9.90 Å². The number of nitriles is 1. The Morgan fingerprint density at radius 3 is 2.77 bits per heavy atom. The van der Waals surface area contributed by atoms with Crippen LogP contribution < -0.4 is 10.3 Å². The number of rotatable bonds is 1. The molecular formula is C17H16N2O3. The minimum Gasteiger partial charge on any atom is -0.485 e. The molecule has 112 valence electrons. The minimum atomic E-state index is -0.895. The number of pyridine rings is 1. The highest BCUT2D eigenvalue weighted by molar-refractivity contribution is 5.47. The maximum absolute atomic E-state index is 12.2. The van der Waals surface area contributed by atoms with E-state index in [1.54, 1.807) is 50.4 Å². The smallest absolute Gasteiger partial charge is 0.251 e. The van der Waals surface area contributed by atoms with Crippen LogP contribution in [0.25, 0.3) is 0 Å². The summed E-state index contributed by atoms with van der Waals surface area (Å²) in [4.78, 5) is 12.2. The number of aromatic nitrogens is 1. The van der Waals surface area contributed by atoms with Crippen LogP contribution in [-0.2, 0) is 0 Å². The standard InChI is InChI=1S/C17H16N2O3/c1-17(2)16(21)15(19-8-4-3-5-14(19)20)12-7-6-11(10-18)9-13(12)22-17/h3-9,15-16,21H,1-2H3. The van der Waals surface area contributed by atoms with Gasteiger partial charge in [-0.25, -0.2) is 0 Å². The van der Waals surface area contributed by atoms with Gasteiger partial charge in [-0.2, -0.15) is 5.26 Å². The number of nitrogens with zero attached hydrogens (tertiary/aromatic N) is 2. The molecule has 0 fully saturated rings. The van der Waals surface area contributed by atoms with E-state index in [2.05, 4.69) is 6.07 Å². The Morgan fingerprint density at radius 1 is 1.32 bits per heavy atom. The molecule has 2 aromatic rings. The van der Waals surface area contributed by atoms with E-state index in [0.29, 0.717) is 16.9 Å². The van der Waals surface area contributed by atoms with Gasteiger partial charge in [0.05, 0.1) is 17.7 Å². The Kier molecular flexibility index (Phi) is 3.27. The first-order valence-corrected chi connectivity index (χ1v) is 7.02. The quantitative estimate of drug-likeness (QED) is 0.871. The fourth-order valence-corrected chi connectivity index (χ4v) is 2.80. The molecule has 1 N–H and O–H groups in total. The molecule has 0 saturated heterocycles. The van der Waals surface area contributed by atoms with Crippen molar-refractivity contribution < 1.29 is 9.84 Å². The third-order valence-electron chi connectivity index (χ3n) is 4.00. The van der Waals surface area contributed by atoms with Crippen molar-refractivity contribution in [3.8, 4) is 11.8 Å². The number of aliphatic hydroxyl groups excluding tert-OH is 1. The number of aliphatic hydroxyl groups is 1. The number of fused-ring (bicyclic) bond motifs is 1. The molecule has 22 heavy (non-hydrogen) atoms. The van der Waals surface area contributed by atoms with Crippen molar-refractivity contribution >= 4 is 0 Å². The number of hydrogen-bond acceptors (Lipinski definition) is 4. The lowest BCUT2D eigenvalue weighted by molar-refractivity contribution is -0.0642. The summed E-state index contributed by atoms with van der Waals surface area (Å²) in [6.45, 7) is 3.53. The zero-order valence-corrected chi connectivity index (χ0v) is 12.4. The normalized spacial score (nSPS) is 22.3. The molecule has 2 unspecified atom stereocenters. The SMILES string of the molecule is CC1(C)Oc2cc(C#N)ccc2C(n2ccccc2=O)C1O. The van der Waals surface area contributed by atoms with Gasteiger partial charge < -0.3 is 14.4 Å². The van der Waals surface area contributed by atoms with E-state index in [-0.39, 0.29) is 5.56 Å². The Balaban J connectivity index is 2.24. The summed E-state index contributed by atoms with van der Waals surface area (Å²) in [5.41, 5.74) is 0.102. The van der Waals surface area contributed by atoms with E-state index in [1.807, 2.05) is 0 Å². The highest BCUT2D eigenvalue weighted by atomic mass is 16.5. The van der Waals surface area contributed by atoms with E-state index < -0.39 is 17.7 Å². The molecule has 5 heteroatoms. The second kappa shape index (κ2) is 5.00.